The molecule has 1 unspecified atom stereocenters. The highest BCUT2D eigenvalue weighted by molar-refractivity contribution is 7.13. The van der Waals surface area contributed by atoms with Crippen molar-refractivity contribution in [1.82, 2.24) is 15.2 Å². The van der Waals surface area contributed by atoms with Gasteiger partial charge in [0.1, 0.15) is 11.8 Å². The van der Waals surface area contributed by atoms with Gasteiger partial charge in [-0.1, -0.05) is 31.9 Å². The summed E-state index contributed by atoms with van der Waals surface area (Å²) in [5.74, 6) is -0.685. The van der Waals surface area contributed by atoms with Gasteiger partial charge in [-0.15, -0.1) is 11.3 Å². The van der Waals surface area contributed by atoms with Gasteiger partial charge in [-0.2, -0.15) is 0 Å². The Morgan fingerprint density at radius 2 is 1.85 bits per heavy atom. The second-order valence-electron chi connectivity index (χ2n) is 9.35. The highest BCUT2D eigenvalue weighted by Gasteiger charge is 2.38. The maximum Gasteiger partial charge on any atom is 0.247 e. The summed E-state index contributed by atoms with van der Waals surface area (Å²) in [5.41, 5.74) is 0.194. The molecule has 1 aliphatic carbocycles. The van der Waals surface area contributed by atoms with E-state index in [4.69, 9.17) is 0 Å². The molecular formula is C25H34N4O4S. The zero-order chi connectivity index (χ0) is 24.7. The van der Waals surface area contributed by atoms with Crippen LogP contribution < -0.4 is 10.6 Å². The van der Waals surface area contributed by atoms with E-state index in [1.807, 2.05) is 20.8 Å². The van der Waals surface area contributed by atoms with E-state index in [1.165, 1.54) is 23.5 Å². The summed E-state index contributed by atoms with van der Waals surface area (Å²) in [7, 11) is 0. The van der Waals surface area contributed by atoms with Gasteiger partial charge in [-0.25, -0.2) is 4.98 Å². The van der Waals surface area contributed by atoms with E-state index in [0.29, 0.717) is 10.7 Å². The van der Waals surface area contributed by atoms with Crippen LogP contribution in [-0.2, 0) is 14.4 Å². The predicted molar refractivity (Wildman–Crippen MR) is 132 cm³/mol. The smallest absolute Gasteiger partial charge is 0.247 e. The fourth-order valence-electron chi connectivity index (χ4n) is 4.14. The lowest BCUT2D eigenvalue weighted by Crippen LogP contribution is -2.52. The van der Waals surface area contributed by atoms with Crippen molar-refractivity contribution in [2.24, 2.45) is 0 Å². The summed E-state index contributed by atoms with van der Waals surface area (Å²) in [6.45, 7) is 5.89. The van der Waals surface area contributed by atoms with Crippen molar-refractivity contribution in [3.05, 3.63) is 41.4 Å². The summed E-state index contributed by atoms with van der Waals surface area (Å²) < 4.78 is 0. The van der Waals surface area contributed by atoms with E-state index in [0.717, 1.165) is 32.1 Å². The SMILES string of the molecule is CCC(C)(C)NC(=O)C(c1ccc(O)cc1)N(C(=O)CCC(=O)Nc1nccs1)C1CCCC1. The normalized spacial score (nSPS) is 15.0. The molecule has 0 saturated heterocycles. The minimum absolute atomic E-state index is 0.00596. The molecule has 8 nitrogen and oxygen atoms in total. The largest absolute Gasteiger partial charge is 0.508 e. The Labute approximate surface area is 204 Å². The molecular weight excluding hydrogens is 452 g/mol. The zero-order valence-corrected chi connectivity index (χ0v) is 20.9. The van der Waals surface area contributed by atoms with Gasteiger partial charge in [-0.05, 0) is 50.8 Å². The van der Waals surface area contributed by atoms with Crippen LogP contribution in [0.15, 0.2) is 35.8 Å². The average molecular weight is 487 g/mol. The summed E-state index contributed by atoms with van der Waals surface area (Å²) >= 11 is 1.32. The van der Waals surface area contributed by atoms with E-state index in [2.05, 4.69) is 15.6 Å². The first-order valence-corrected chi connectivity index (χ1v) is 12.7. The monoisotopic (exact) mass is 486 g/mol. The molecule has 1 heterocycles. The van der Waals surface area contributed by atoms with Crippen LogP contribution in [0.3, 0.4) is 0 Å². The van der Waals surface area contributed by atoms with Crippen LogP contribution in [0.2, 0.25) is 0 Å². The van der Waals surface area contributed by atoms with Crippen LogP contribution in [0.1, 0.15) is 77.3 Å². The molecule has 1 aromatic carbocycles. The Hall–Kier alpha value is -2.94. The third kappa shape index (κ3) is 6.79. The predicted octanol–water partition coefficient (Wildman–Crippen LogP) is 4.38. The maximum atomic E-state index is 13.6. The van der Waals surface area contributed by atoms with Crippen molar-refractivity contribution in [3.63, 3.8) is 0 Å². The molecule has 0 radical (unpaired) electrons. The third-order valence-corrected chi connectivity index (χ3v) is 7.02. The van der Waals surface area contributed by atoms with E-state index in [9.17, 15) is 19.5 Å². The number of aromatic nitrogens is 1. The topological polar surface area (TPSA) is 112 Å². The molecule has 0 aliphatic heterocycles. The van der Waals surface area contributed by atoms with E-state index >= 15 is 0 Å². The van der Waals surface area contributed by atoms with Crippen molar-refractivity contribution < 1.29 is 19.5 Å². The molecule has 2 aromatic rings. The van der Waals surface area contributed by atoms with Gasteiger partial charge in [0.05, 0.1) is 0 Å². The Bertz CT molecular complexity index is 969. The van der Waals surface area contributed by atoms with E-state index < -0.39 is 11.6 Å². The fraction of sp³-hybridized carbons (Fsp3) is 0.520. The van der Waals surface area contributed by atoms with E-state index in [-0.39, 0.29) is 42.4 Å². The van der Waals surface area contributed by atoms with Gasteiger partial charge in [-0.3, -0.25) is 14.4 Å². The van der Waals surface area contributed by atoms with Crippen molar-refractivity contribution in [2.45, 2.75) is 83.3 Å². The second-order valence-corrected chi connectivity index (χ2v) is 10.2. The van der Waals surface area contributed by atoms with Crippen molar-refractivity contribution in [3.8, 4) is 5.75 Å². The number of nitrogens with one attached hydrogen (secondary N) is 2. The lowest BCUT2D eigenvalue weighted by molar-refractivity contribution is -0.144. The molecule has 3 rings (SSSR count). The van der Waals surface area contributed by atoms with Gasteiger partial charge in [0.15, 0.2) is 5.13 Å². The Balaban J connectivity index is 1.86. The maximum absolute atomic E-state index is 13.6. The van der Waals surface area contributed by atoms with Crippen LogP contribution in [0, 0.1) is 0 Å². The Morgan fingerprint density at radius 1 is 1.18 bits per heavy atom. The molecule has 1 aliphatic rings. The molecule has 34 heavy (non-hydrogen) atoms. The first kappa shape index (κ1) is 25.7. The second kappa shape index (κ2) is 11.5. The van der Waals surface area contributed by atoms with Crippen LogP contribution in [0.5, 0.6) is 5.75 Å². The molecule has 3 amide bonds. The number of nitrogens with zero attached hydrogens (tertiary/aromatic N) is 2. The van der Waals surface area contributed by atoms with Gasteiger partial charge < -0.3 is 20.6 Å². The molecule has 3 N–H and O–H groups in total. The molecule has 9 heteroatoms. The number of aromatic hydroxyl groups is 1. The van der Waals surface area contributed by atoms with Crippen molar-refractivity contribution in [1.29, 1.82) is 0 Å². The Morgan fingerprint density at radius 3 is 2.44 bits per heavy atom. The first-order chi connectivity index (χ1) is 16.2. The number of amides is 3. The molecule has 1 aromatic heterocycles. The third-order valence-electron chi connectivity index (χ3n) is 6.33. The fourth-order valence-corrected chi connectivity index (χ4v) is 4.69. The number of carbonyl (C=O) groups excluding carboxylic acids is 3. The molecule has 0 spiro atoms. The minimum atomic E-state index is -0.843. The lowest BCUT2D eigenvalue weighted by atomic mass is 9.97. The molecule has 1 atom stereocenters. The van der Waals surface area contributed by atoms with Crippen molar-refractivity contribution >= 4 is 34.2 Å². The van der Waals surface area contributed by atoms with Gasteiger partial charge in [0, 0.05) is 36.0 Å². The number of rotatable bonds is 10. The van der Waals surface area contributed by atoms with Crippen LogP contribution >= 0.6 is 11.3 Å². The summed E-state index contributed by atoms with van der Waals surface area (Å²) in [6.07, 6.45) is 5.94. The molecule has 1 saturated carbocycles. The average Bonchev–Trinajstić information content (AvgIpc) is 3.51. The Kier molecular flexibility index (Phi) is 8.66. The summed E-state index contributed by atoms with van der Waals surface area (Å²) in [6, 6.07) is 5.50. The van der Waals surface area contributed by atoms with Gasteiger partial charge in [0.25, 0.3) is 0 Å². The zero-order valence-electron chi connectivity index (χ0n) is 20.0. The molecule has 184 valence electrons. The van der Waals surface area contributed by atoms with Crippen molar-refractivity contribution in [2.75, 3.05) is 5.32 Å². The standard InChI is InChI=1S/C25H34N4O4S/c1-4-25(2,3)28-23(33)22(17-9-11-19(30)12-10-17)29(18-7-5-6-8-18)21(32)14-13-20(31)27-24-26-15-16-34-24/h9-12,15-16,18,22,30H,4-8,13-14H2,1-3H3,(H,28,33)(H,26,27,31). The number of phenols is 1. The molecule has 1 fully saturated rings. The highest BCUT2D eigenvalue weighted by Crippen LogP contribution is 2.33. The minimum Gasteiger partial charge on any atom is -0.508 e. The van der Waals surface area contributed by atoms with E-state index in [1.54, 1.807) is 28.6 Å². The first-order valence-electron chi connectivity index (χ1n) is 11.8. The van der Waals surface area contributed by atoms with Crippen LogP contribution in [0.25, 0.3) is 0 Å². The number of hydrogen-bond acceptors (Lipinski definition) is 6. The number of hydrogen-bond donors (Lipinski definition) is 3. The molecule has 0 bridgehead atoms. The number of benzene rings is 1. The summed E-state index contributed by atoms with van der Waals surface area (Å²) in [5, 5.41) is 17.8. The number of phenolic OH excluding ortho intramolecular Hbond substituents is 1. The quantitative estimate of drug-likeness (QED) is 0.461. The highest BCUT2D eigenvalue weighted by atomic mass is 32.1. The number of anilines is 1. The number of thiazole rings is 1. The summed E-state index contributed by atoms with van der Waals surface area (Å²) in [4.78, 5) is 45.3. The van der Waals surface area contributed by atoms with Crippen LogP contribution in [0.4, 0.5) is 5.13 Å². The van der Waals surface area contributed by atoms with Gasteiger partial charge in [0.2, 0.25) is 17.7 Å². The lowest BCUT2D eigenvalue weighted by Gasteiger charge is -2.38. The van der Waals surface area contributed by atoms with Gasteiger partial charge >= 0.3 is 0 Å². The number of carbonyl (C=O) groups is 3. The van der Waals surface area contributed by atoms with Crippen LogP contribution in [-0.4, -0.2) is 44.3 Å².